The maximum absolute atomic E-state index is 11.8. The zero-order valence-electron chi connectivity index (χ0n) is 13.1. The van der Waals surface area contributed by atoms with E-state index >= 15 is 0 Å². The standard InChI is InChI=1S/C16H17N5O2/c1-16(2,3)23-15(22)18-12-6-7-13-19-14(20-21(13)10-12)11-5-4-8-17-9-11/h4-10H,1-3H3,(H,18,22). The Labute approximate surface area is 133 Å². The molecule has 0 aliphatic rings. The third kappa shape index (κ3) is 3.63. The van der Waals surface area contributed by atoms with Gasteiger partial charge in [0, 0.05) is 18.0 Å². The van der Waals surface area contributed by atoms with Crippen LogP contribution in [-0.2, 0) is 4.74 Å². The van der Waals surface area contributed by atoms with E-state index in [1.54, 1.807) is 35.2 Å². The lowest BCUT2D eigenvalue weighted by atomic mass is 10.2. The van der Waals surface area contributed by atoms with Crippen LogP contribution in [0.3, 0.4) is 0 Å². The second-order valence-corrected chi connectivity index (χ2v) is 6.02. The Hall–Kier alpha value is -2.96. The van der Waals surface area contributed by atoms with Crippen molar-refractivity contribution in [3.8, 4) is 11.4 Å². The van der Waals surface area contributed by atoms with Gasteiger partial charge >= 0.3 is 6.09 Å². The lowest BCUT2D eigenvalue weighted by Gasteiger charge is -2.19. The minimum Gasteiger partial charge on any atom is -0.444 e. The van der Waals surface area contributed by atoms with Gasteiger partial charge in [0.05, 0.1) is 11.9 Å². The number of ether oxygens (including phenoxy) is 1. The molecule has 118 valence electrons. The average Bonchev–Trinajstić information content (AvgIpc) is 2.89. The zero-order valence-corrected chi connectivity index (χ0v) is 13.1. The predicted octanol–water partition coefficient (Wildman–Crippen LogP) is 3.14. The molecular formula is C16H17N5O2. The van der Waals surface area contributed by atoms with Gasteiger partial charge in [-0.25, -0.2) is 14.3 Å². The van der Waals surface area contributed by atoms with Crippen LogP contribution in [0.25, 0.3) is 17.0 Å². The van der Waals surface area contributed by atoms with E-state index in [1.165, 1.54) is 0 Å². The maximum atomic E-state index is 11.8. The van der Waals surface area contributed by atoms with Crippen molar-refractivity contribution >= 4 is 17.4 Å². The van der Waals surface area contributed by atoms with Crippen molar-refractivity contribution in [2.75, 3.05) is 5.32 Å². The summed E-state index contributed by atoms with van der Waals surface area (Å²) < 4.78 is 6.83. The number of nitrogens with zero attached hydrogens (tertiary/aromatic N) is 4. The van der Waals surface area contributed by atoms with Crippen molar-refractivity contribution in [1.82, 2.24) is 19.6 Å². The molecule has 0 spiro atoms. The van der Waals surface area contributed by atoms with E-state index in [4.69, 9.17) is 4.74 Å². The number of pyridine rings is 2. The number of hydrogen-bond acceptors (Lipinski definition) is 5. The van der Waals surface area contributed by atoms with E-state index < -0.39 is 11.7 Å². The molecule has 7 heteroatoms. The van der Waals surface area contributed by atoms with Crippen molar-refractivity contribution in [3.05, 3.63) is 42.9 Å². The number of hydrogen-bond donors (Lipinski definition) is 1. The van der Waals surface area contributed by atoms with Crippen LogP contribution in [0.4, 0.5) is 10.5 Å². The molecule has 1 N–H and O–H groups in total. The van der Waals surface area contributed by atoms with Crippen LogP contribution in [0.15, 0.2) is 42.9 Å². The molecular weight excluding hydrogens is 294 g/mol. The Morgan fingerprint density at radius 2 is 2.09 bits per heavy atom. The van der Waals surface area contributed by atoms with Crippen LogP contribution >= 0.6 is 0 Å². The number of amides is 1. The minimum absolute atomic E-state index is 0.510. The monoisotopic (exact) mass is 311 g/mol. The molecule has 0 saturated heterocycles. The summed E-state index contributed by atoms with van der Waals surface area (Å²) in [6.07, 6.45) is 4.58. The van der Waals surface area contributed by atoms with Gasteiger partial charge in [-0.3, -0.25) is 10.3 Å². The Morgan fingerprint density at radius 3 is 2.78 bits per heavy atom. The fourth-order valence-corrected chi connectivity index (χ4v) is 2.00. The summed E-state index contributed by atoms with van der Waals surface area (Å²) in [5.41, 5.74) is 1.54. The first kappa shape index (κ1) is 15.0. The normalized spacial score (nSPS) is 11.4. The summed E-state index contributed by atoms with van der Waals surface area (Å²) >= 11 is 0. The fourth-order valence-electron chi connectivity index (χ4n) is 2.00. The lowest BCUT2D eigenvalue weighted by molar-refractivity contribution is 0.0636. The highest BCUT2D eigenvalue weighted by Crippen LogP contribution is 2.17. The lowest BCUT2D eigenvalue weighted by Crippen LogP contribution is -2.27. The molecule has 23 heavy (non-hydrogen) atoms. The molecule has 3 aromatic rings. The van der Waals surface area contributed by atoms with E-state index in [1.807, 2.05) is 32.9 Å². The van der Waals surface area contributed by atoms with Gasteiger partial charge in [-0.1, -0.05) is 0 Å². The van der Waals surface area contributed by atoms with Gasteiger partial charge in [-0.2, -0.15) is 0 Å². The van der Waals surface area contributed by atoms with E-state index in [0.29, 0.717) is 17.2 Å². The molecule has 3 heterocycles. The second-order valence-electron chi connectivity index (χ2n) is 6.02. The molecule has 0 aliphatic heterocycles. The molecule has 3 rings (SSSR count). The fraction of sp³-hybridized carbons (Fsp3) is 0.250. The summed E-state index contributed by atoms with van der Waals surface area (Å²) in [6.45, 7) is 5.44. The number of nitrogens with one attached hydrogen (secondary N) is 1. The Morgan fingerprint density at radius 1 is 1.26 bits per heavy atom. The van der Waals surface area contributed by atoms with Gasteiger partial charge in [0.15, 0.2) is 11.5 Å². The van der Waals surface area contributed by atoms with E-state index in [0.717, 1.165) is 5.56 Å². The van der Waals surface area contributed by atoms with Crippen LogP contribution in [0.2, 0.25) is 0 Å². The van der Waals surface area contributed by atoms with Crippen molar-refractivity contribution in [2.45, 2.75) is 26.4 Å². The molecule has 0 saturated carbocycles. The Bertz CT molecular complexity index is 837. The van der Waals surface area contributed by atoms with Crippen molar-refractivity contribution in [2.24, 2.45) is 0 Å². The topological polar surface area (TPSA) is 81.4 Å². The van der Waals surface area contributed by atoms with E-state index in [9.17, 15) is 4.79 Å². The molecule has 0 fully saturated rings. The summed E-state index contributed by atoms with van der Waals surface area (Å²) in [6, 6.07) is 7.25. The summed E-state index contributed by atoms with van der Waals surface area (Å²) in [7, 11) is 0. The molecule has 0 aliphatic carbocycles. The zero-order chi connectivity index (χ0) is 16.4. The number of anilines is 1. The largest absolute Gasteiger partial charge is 0.444 e. The molecule has 0 radical (unpaired) electrons. The number of aromatic nitrogens is 4. The number of carbonyl (C=O) groups excluding carboxylic acids is 1. The van der Waals surface area contributed by atoms with Gasteiger partial charge in [-0.15, -0.1) is 5.10 Å². The molecule has 7 nitrogen and oxygen atoms in total. The molecule has 0 atom stereocenters. The summed E-state index contributed by atoms with van der Waals surface area (Å²) in [5.74, 6) is 0.576. The summed E-state index contributed by atoms with van der Waals surface area (Å²) in [4.78, 5) is 20.3. The number of rotatable bonds is 2. The molecule has 3 aromatic heterocycles. The summed E-state index contributed by atoms with van der Waals surface area (Å²) in [5, 5.41) is 7.08. The molecule has 1 amide bonds. The first-order chi connectivity index (χ1) is 10.9. The van der Waals surface area contributed by atoms with Gasteiger partial charge < -0.3 is 4.74 Å². The Balaban J connectivity index is 1.84. The van der Waals surface area contributed by atoms with E-state index in [2.05, 4.69) is 20.4 Å². The van der Waals surface area contributed by atoms with Crippen LogP contribution in [-0.4, -0.2) is 31.3 Å². The van der Waals surface area contributed by atoms with Crippen LogP contribution in [0.1, 0.15) is 20.8 Å². The predicted molar refractivity (Wildman–Crippen MR) is 86.1 cm³/mol. The maximum Gasteiger partial charge on any atom is 0.412 e. The number of fused-ring (bicyclic) bond motifs is 1. The van der Waals surface area contributed by atoms with E-state index in [-0.39, 0.29) is 0 Å². The second kappa shape index (κ2) is 5.68. The minimum atomic E-state index is -0.547. The highest BCUT2D eigenvalue weighted by atomic mass is 16.6. The smallest absolute Gasteiger partial charge is 0.412 e. The molecule has 0 unspecified atom stereocenters. The third-order valence-corrected chi connectivity index (χ3v) is 2.90. The van der Waals surface area contributed by atoms with Crippen molar-refractivity contribution in [3.63, 3.8) is 0 Å². The highest BCUT2D eigenvalue weighted by Gasteiger charge is 2.16. The van der Waals surface area contributed by atoms with Crippen LogP contribution in [0.5, 0.6) is 0 Å². The van der Waals surface area contributed by atoms with Gasteiger partial charge in [0.25, 0.3) is 0 Å². The highest BCUT2D eigenvalue weighted by molar-refractivity contribution is 5.84. The van der Waals surface area contributed by atoms with Crippen LogP contribution < -0.4 is 5.32 Å². The van der Waals surface area contributed by atoms with Crippen molar-refractivity contribution < 1.29 is 9.53 Å². The first-order valence-electron chi connectivity index (χ1n) is 7.17. The van der Waals surface area contributed by atoms with Gasteiger partial charge in [-0.05, 0) is 45.0 Å². The van der Waals surface area contributed by atoms with Crippen molar-refractivity contribution in [1.29, 1.82) is 0 Å². The Kier molecular flexibility index (Phi) is 3.69. The van der Waals surface area contributed by atoms with Gasteiger partial charge in [0.1, 0.15) is 5.60 Å². The third-order valence-electron chi connectivity index (χ3n) is 2.90. The number of carbonyl (C=O) groups is 1. The first-order valence-corrected chi connectivity index (χ1v) is 7.17. The average molecular weight is 311 g/mol. The molecule has 0 bridgehead atoms. The van der Waals surface area contributed by atoms with Gasteiger partial charge in [0.2, 0.25) is 0 Å². The van der Waals surface area contributed by atoms with Crippen LogP contribution in [0, 0.1) is 0 Å². The SMILES string of the molecule is CC(C)(C)OC(=O)Nc1ccc2nc(-c3cccnc3)nn2c1. The quantitative estimate of drug-likeness (QED) is 0.786. The molecule has 0 aromatic carbocycles.